The van der Waals surface area contributed by atoms with Crippen LogP contribution in [0.15, 0.2) is 42.5 Å². The maximum atomic E-state index is 5.83. The summed E-state index contributed by atoms with van der Waals surface area (Å²) >= 11 is 0. The highest BCUT2D eigenvalue weighted by atomic mass is 14.5. The summed E-state index contributed by atoms with van der Waals surface area (Å²) in [4.78, 5) is 0. The number of anilines is 2. The molecule has 0 spiro atoms. The second-order valence-corrected chi connectivity index (χ2v) is 4.49. The van der Waals surface area contributed by atoms with Crippen LogP contribution >= 0.6 is 0 Å². The van der Waals surface area contributed by atoms with Crippen LogP contribution in [0.3, 0.4) is 0 Å². The van der Waals surface area contributed by atoms with E-state index in [9.17, 15) is 0 Å². The topological polar surface area (TPSA) is 52.0 Å². The zero-order valence-electron chi connectivity index (χ0n) is 10.1. The lowest BCUT2D eigenvalue weighted by molar-refractivity contribution is 0.959. The molecular weight excluding hydrogens is 208 g/mol. The van der Waals surface area contributed by atoms with Crippen molar-refractivity contribution in [2.24, 2.45) is 0 Å². The van der Waals surface area contributed by atoms with Gasteiger partial charge in [-0.25, -0.2) is 0 Å². The SMILES string of the molecule is Cc1cc(N)cc(CCc2ccc(N)cc2)c1. The third-order valence-corrected chi connectivity index (χ3v) is 2.84. The smallest absolute Gasteiger partial charge is 0.0319 e. The first-order valence-electron chi connectivity index (χ1n) is 5.84. The van der Waals surface area contributed by atoms with Gasteiger partial charge in [-0.05, 0) is 60.7 Å². The predicted molar refractivity (Wildman–Crippen MR) is 73.9 cm³/mol. The van der Waals surface area contributed by atoms with Gasteiger partial charge in [0.15, 0.2) is 0 Å². The van der Waals surface area contributed by atoms with Crippen molar-refractivity contribution in [3.05, 3.63) is 59.2 Å². The number of benzene rings is 2. The number of nitrogen functional groups attached to an aromatic ring is 2. The van der Waals surface area contributed by atoms with E-state index in [4.69, 9.17) is 11.5 Å². The van der Waals surface area contributed by atoms with Crippen molar-refractivity contribution in [3.63, 3.8) is 0 Å². The van der Waals surface area contributed by atoms with E-state index in [-0.39, 0.29) is 0 Å². The Morgan fingerprint density at radius 3 is 2.06 bits per heavy atom. The van der Waals surface area contributed by atoms with Crippen molar-refractivity contribution in [1.82, 2.24) is 0 Å². The average Bonchev–Trinajstić information content (AvgIpc) is 2.27. The molecule has 0 atom stereocenters. The first-order chi connectivity index (χ1) is 8.13. The van der Waals surface area contributed by atoms with Gasteiger partial charge in [0.1, 0.15) is 0 Å². The van der Waals surface area contributed by atoms with Crippen LogP contribution in [0.25, 0.3) is 0 Å². The minimum Gasteiger partial charge on any atom is -0.399 e. The summed E-state index contributed by atoms with van der Waals surface area (Å²) in [5.74, 6) is 0. The predicted octanol–water partition coefficient (Wildman–Crippen LogP) is 2.94. The van der Waals surface area contributed by atoms with E-state index in [1.807, 2.05) is 24.3 Å². The van der Waals surface area contributed by atoms with Crippen molar-refractivity contribution in [2.45, 2.75) is 19.8 Å². The molecule has 0 unspecified atom stereocenters. The fourth-order valence-corrected chi connectivity index (χ4v) is 2.01. The standard InChI is InChI=1S/C15H18N2/c1-11-8-13(10-15(17)9-11)3-2-12-4-6-14(16)7-5-12/h4-10H,2-3,16-17H2,1H3. The van der Waals surface area contributed by atoms with Crippen LogP contribution in [0, 0.1) is 6.92 Å². The molecule has 0 radical (unpaired) electrons. The van der Waals surface area contributed by atoms with Crippen LogP contribution in [-0.4, -0.2) is 0 Å². The normalized spacial score (nSPS) is 10.4. The molecule has 0 saturated carbocycles. The first kappa shape index (κ1) is 11.5. The van der Waals surface area contributed by atoms with Gasteiger partial charge in [-0.3, -0.25) is 0 Å². The molecule has 2 rings (SSSR count). The Morgan fingerprint density at radius 2 is 1.41 bits per heavy atom. The van der Waals surface area contributed by atoms with Crippen molar-refractivity contribution in [3.8, 4) is 0 Å². The van der Waals surface area contributed by atoms with E-state index in [0.717, 1.165) is 24.2 Å². The summed E-state index contributed by atoms with van der Waals surface area (Å²) in [7, 11) is 0. The van der Waals surface area contributed by atoms with Gasteiger partial charge in [-0.15, -0.1) is 0 Å². The highest BCUT2D eigenvalue weighted by Gasteiger charge is 1.98. The van der Waals surface area contributed by atoms with Crippen molar-refractivity contribution >= 4 is 11.4 Å². The molecule has 0 heterocycles. The molecule has 4 N–H and O–H groups in total. The highest BCUT2D eigenvalue weighted by Crippen LogP contribution is 2.14. The lowest BCUT2D eigenvalue weighted by atomic mass is 10.0. The van der Waals surface area contributed by atoms with Gasteiger partial charge in [0.2, 0.25) is 0 Å². The van der Waals surface area contributed by atoms with Gasteiger partial charge >= 0.3 is 0 Å². The summed E-state index contributed by atoms with van der Waals surface area (Å²) in [6.07, 6.45) is 2.03. The monoisotopic (exact) mass is 226 g/mol. The Bertz CT molecular complexity index is 481. The maximum absolute atomic E-state index is 5.83. The number of aryl methyl sites for hydroxylation is 3. The van der Waals surface area contributed by atoms with Crippen LogP contribution in [0.5, 0.6) is 0 Å². The number of hydrogen-bond donors (Lipinski definition) is 2. The molecule has 2 nitrogen and oxygen atoms in total. The van der Waals surface area contributed by atoms with Crippen molar-refractivity contribution < 1.29 is 0 Å². The van der Waals surface area contributed by atoms with Crippen molar-refractivity contribution in [2.75, 3.05) is 11.5 Å². The minimum absolute atomic E-state index is 0.813. The Morgan fingerprint density at radius 1 is 0.765 bits per heavy atom. The summed E-state index contributed by atoms with van der Waals surface area (Å²) < 4.78 is 0. The Hall–Kier alpha value is -1.96. The quantitative estimate of drug-likeness (QED) is 0.791. The van der Waals surface area contributed by atoms with Crippen molar-refractivity contribution in [1.29, 1.82) is 0 Å². The number of nitrogens with two attached hydrogens (primary N) is 2. The Balaban J connectivity index is 2.04. The fourth-order valence-electron chi connectivity index (χ4n) is 2.01. The van der Waals surface area contributed by atoms with E-state index in [1.54, 1.807) is 0 Å². The van der Waals surface area contributed by atoms with Gasteiger partial charge in [0, 0.05) is 11.4 Å². The molecule has 0 bridgehead atoms. The van der Waals surface area contributed by atoms with E-state index >= 15 is 0 Å². The van der Waals surface area contributed by atoms with Gasteiger partial charge in [-0.1, -0.05) is 18.2 Å². The molecule has 0 aliphatic heterocycles. The molecule has 0 aliphatic rings. The molecule has 2 aromatic carbocycles. The molecule has 0 saturated heterocycles. The summed E-state index contributed by atoms with van der Waals surface area (Å²) in [6.45, 7) is 2.07. The first-order valence-corrected chi connectivity index (χ1v) is 5.84. The van der Waals surface area contributed by atoms with Gasteiger partial charge in [-0.2, -0.15) is 0 Å². The van der Waals surface area contributed by atoms with Gasteiger partial charge < -0.3 is 11.5 Å². The largest absolute Gasteiger partial charge is 0.399 e. The lowest BCUT2D eigenvalue weighted by Gasteiger charge is -2.05. The molecule has 0 amide bonds. The van der Waals surface area contributed by atoms with Gasteiger partial charge in [0.25, 0.3) is 0 Å². The van der Waals surface area contributed by atoms with Crippen LogP contribution in [-0.2, 0) is 12.8 Å². The molecule has 2 aromatic rings. The average molecular weight is 226 g/mol. The Kier molecular flexibility index (Phi) is 3.33. The second-order valence-electron chi connectivity index (χ2n) is 4.49. The van der Waals surface area contributed by atoms with E-state index in [1.165, 1.54) is 16.7 Å². The third kappa shape index (κ3) is 3.25. The van der Waals surface area contributed by atoms with Crippen LogP contribution in [0.1, 0.15) is 16.7 Å². The molecule has 88 valence electrons. The maximum Gasteiger partial charge on any atom is 0.0319 e. The zero-order chi connectivity index (χ0) is 12.3. The molecular formula is C15H18N2. The van der Waals surface area contributed by atoms with Gasteiger partial charge in [0.05, 0.1) is 0 Å². The number of rotatable bonds is 3. The minimum atomic E-state index is 0.813. The van der Waals surface area contributed by atoms with Crippen LogP contribution in [0.2, 0.25) is 0 Å². The van der Waals surface area contributed by atoms with E-state index < -0.39 is 0 Å². The van der Waals surface area contributed by atoms with E-state index in [2.05, 4.69) is 25.1 Å². The summed E-state index contributed by atoms with van der Waals surface area (Å²) in [6, 6.07) is 14.3. The third-order valence-electron chi connectivity index (χ3n) is 2.84. The molecule has 0 fully saturated rings. The summed E-state index contributed by atoms with van der Waals surface area (Å²) in [5, 5.41) is 0. The molecule has 17 heavy (non-hydrogen) atoms. The number of hydrogen-bond acceptors (Lipinski definition) is 2. The molecule has 0 aromatic heterocycles. The molecule has 0 aliphatic carbocycles. The Labute approximate surface area is 102 Å². The summed E-state index contributed by atoms with van der Waals surface area (Å²) in [5.41, 5.74) is 17.0. The fraction of sp³-hybridized carbons (Fsp3) is 0.200. The van der Waals surface area contributed by atoms with E-state index in [0.29, 0.717) is 0 Å². The van der Waals surface area contributed by atoms with Crippen LogP contribution < -0.4 is 11.5 Å². The molecule has 2 heteroatoms. The highest BCUT2D eigenvalue weighted by molar-refractivity contribution is 5.45. The second kappa shape index (κ2) is 4.91. The van der Waals surface area contributed by atoms with Crippen LogP contribution in [0.4, 0.5) is 11.4 Å². The lowest BCUT2D eigenvalue weighted by Crippen LogP contribution is -1.95. The zero-order valence-corrected chi connectivity index (χ0v) is 10.1.